The molecule has 0 fully saturated rings. The summed E-state index contributed by atoms with van der Waals surface area (Å²) in [7, 11) is 0. The molecule has 0 amide bonds. The Morgan fingerprint density at radius 3 is 2.94 bits per heavy atom. The minimum absolute atomic E-state index is 0.522. The number of aromatic nitrogens is 2. The van der Waals surface area contributed by atoms with E-state index in [0.717, 1.165) is 17.9 Å². The van der Waals surface area contributed by atoms with Crippen LogP contribution in [0.2, 0.25) is 5.02 Å². The van der Waals surface area contributed by atoms with Gasteiger partial charge < -0.3 is 5.32 Å². The first kappa shape index (κ1) is 11.5. The highest BCUT2D eigenvalue weighted by Crippen LogP contribution is 2.26. The fourth-order valence-corrected chi connectivity index (χ4v) is 1.67. The molecule has 1 N–H and O–H groups in total. The van der Waals surface area contributed by atoms with Gasteiger partial charge in [-0.2, -0.15) is 10.4 Å². The van der Waals surface area contributed by atoms with E-state index in [9.17, 15) is 0 Å². The van der Waals surface area contributed by atoms with Crippen LogP contribution >= 0.6 is 11.6 Å². The van der Waals surface area contributed by atoms with Crippen LogP contribution in [0.3, 0.4) is 0 Å². The van der Waals surface area contributed by atoms with Crippen LogP contribution in [0.5, 0.6) is 0 Å². The number of aryl methyl sites for hydroxylation is 1. The summed E-state index contributed by atoms with van der Waals surface area (Å²) in [5.74, 6) is 0. The van der Waals surface area contributed by atoms with Crippen LogP contribution in [0.25, 0.3) is 0 Å². The number of hydrogen-bond donors (Lipinski definition) is 1. The van der Waals surface area contributed by atoms with Crippen molar-refractivity contribution in [3.8, 4) is 6.07 Å². The minimum Gasteiger partial charge on any atom is -0.352 e. The van der Waals surface area contributed by atoms with Crippen molar-refractivity contribution in [1.29, 1.82) is 5.26 Å². The van der Waals surface area contributed by atoms with Crippen molar-refractivity contribution in [3.05, 3.63) is 41.2 Å². The van der Waals surface area contributed by atoms with Crippen molar-refractivity contribution in [2.24, 2.45) is 0 Å². The molecule has 1 aromatic heterocycles. The first-order valence-electron chi connectivity index (χ1n) is 5.22. The Morgan fingerprint density at radius 1 is 1.53 bits per heavy atom. The van der Waals surface area contributed by atoms with E-state index < -0.39 is 0 Å². The van der Waals surface area contributed by atoms with Crippen molar-refractivity contribution in [3.63, 3.8) is 0 Å². The zero-order valence-corrected chi connectivity index (χ0v) is 10.1. The molecule has 0 atom stereocenters. The zero-order chi connectivity index (χ0) is 12.3. The van der Waals surface area contributed by atoms with Crippen molar-refractivity contribution < 1.29 is 0 Å². The third kappa shape index (κ3) is 2.58. The van der Waals surface area contributed by atoms with E-state index in [4.69, 9.17) is 16.9 Å². The van der Waals surface area contributed by atoms with E-state index in [1.807, 2.05) is 23.9 Å². The first-order chi connectivity index (χ1) is 8.22. The fourth-order valence-electron chi connectivity index (χ4n) is 1.44. The van der Waals surface area contributed by atoms with Gasteiger partial charge in [-0.15, -0.1) is 0 Å². The smallest absolute Gasteiger partial charge is 0.0992 e. The number of nitrogens with zero attached hydrogens (tertiary/aromatic N) is 3. The molecule has 0 aliphatic rings. The number of nitrogens with one attached hydrogen (secondary N) is 1. The zero-order valence-electron chi connectivity index (χ0n) is 9.31. The molecule has 0 spiro atoms. The maximum absolute atomic E-state index is 8.74. The molecule has 0 saturated carbocycles. The molecule has 86 valence electrons. The molecule has 0 unspecified atom stereocenters. The number of anilines is 2. The lowest BCUT2D eigenvalue weighted by Crippen LogP contribution is -1.93. The lowest BCUT2D eigenvalue weighted by molar-refractivity contribution is 0.660. The predicted molar refractivity (Wildman–Crippen MR) is 67.4 cm³/mol. The molecule has 1 heterocycles. The number of nitriles is 1. The van der Waals surface area contributed by atoms with E-state index in [0.29, 0.717) is 10.6 Å². The minimum atomic E-state index is 0.522. The van der Waals surface area contributed by atoms with Gasteiger partial charge in [0, 0.05) is 12.7 Å². The summed E-state index contributed by atoms with van der Waals surface area (Å²) in [6.07, 6.45) is 3.63. The molecule has 0 aliphatic heterocycles. The maximum atomic E-state index is 8.74. The highest BCUT2D eigenvalue weighted by molar-refractivity contribution is 6.33. The van der Waals surface area contributed by atoms with Crippen LogP contribution in [-0.4, -0.2) is 9.78 Å². The van der Waals surface area contributed by atoms with Crippen molar-refractivity contribution >= 4 is 23.0 Å². The van der Waals surface area contributed by atoms with Gasteiger partial charge in [0.05, 0.1) is 34.2 Å². The summed E-state index contributed by atoms with van der Waals surface area (Å²) in [5.41, 5.74) is 2.18. The standard InChI is InChI=1S/C12H11ClN4/c1-2-17-8-10(7-15-17)16-12-4-3-9(6-14)5-11(12)13/h3-5,7-8,16H,2H2,1H3. The number of benzene rings is 1. The second kappa shape index (κ2) is 4.89. The van der Waals surface area contributed by atoms with Gasteiger partial charge in [-0.05, 0) is 25.1 Å². The molecule has 5 heteroatoms. The van der Waals surface area contributed by atoms with Gasteiger partial charge in [0.15, 0.2) is 0 Å². The normalized spacial score (nSPS) is 9.94. The van der Waals surface area contributed by atoms with Crippen LogP contribution in [0.1, 0.15) is 12.5 Å². The van der Waals surface area contributed by atoms with Gasteiger partial charge in [-0.25, -0.2) is 0 Å². The largest absolute Gasteiger partial charge is 0.352 e. The van der Waals surface area contributed by atoms with Gasteiger partial charge in [-0.3, -0.25) is 4.68 Å². The maximum Gasteiger partial charge on any atom is 0.0992 e. The lowest BCUT2D eigenvalue weighted by Gasteiger charge is -2.05. The van der Waals surface area contributed by atoms with Crippen LogP contribution in [0, 0.1) is 11.3 Å². The summed E-state index contributed by atoms with van der Waals surface area (Å²) < 4.78 is 1.82. The fraction of sp³-hybridized carbons (Fsp3) is 0.167. The van der Waals surface area contributed by atoms with Crippen LogP contribution in [0.4, 0.5) is 11.4 Å². The summed E-state index contributed by atoms with van der Waals surface area (Å²) in [6.45, 7) is 2.84. The average molecular weight is 247 g/mol. The van der Waals surface area contributed by atoms with E-state index in [-0.39, 0.29) is 0 Å². The van der Waals surface area contributed by atoms with Gasteiger partial charge in [-0.1, -0.05) is 11.6 Å². The van der Waals surface area contributed by atoms with Crippen molar-refractivity contribution in [1.82, 2.24) is 9.78 Å². The number of halogens is 1. The molecule has 2 aromatic rings. The van der Waals surface area contributed by atoms with E-state index >= 15 is 0 Å². The molecular formula is C12H11ClN4. The topological polar surface area (TPSA) is 53.6 Å². The molecule has 2 rings (SSSR count). The van der Waals surface area contributed by atoms with Crippen LogP contribution in [0.15, 0.2) is 30.6 Å². The SMILES string of the molecule is CCn1cc(Nc2ccc(C#N)cc2Cl)cn1. The van der Waals surface area contributed by atoms with Gasteiger partial charge in [0.2, 0.25) is 0 Å². The van der Waals surface area contributed by atoms with Gasteiger partial charge in [0.1, 0.15) is 0 Å². The summed E-state index contributed by atoms with van der Waals surface area (Å²) >= 11 is 6.06. The summed E-state index contributed by atoms with van der Waals surface area (Å²) in [4.78, 5) is 0. The average Bonchev–Trinajstić information content (AvgIpc) is 2.79. The monoisotopic (exact) mass is 246 g/mol. The second-order valence-electron chi connectivity index (χ2n) is 3.52. The van der Waals surface area contributed by atoms with Crippen LogP contribution < -0.4 is 5.32 Å². The van der Waals surface area contributed by atoms with E-state index in [2.05, 4.69) is 10.4 Å². The molecule has 17 heavy (non-hydrogen) atoms. The van der Waals surface area contributed by atoms with E-state index in [1.165, 1.54) is 0 Å². The molecule has 0 aliphatic carbocycles. The molecule has 0 saturated heterocycles. The summed E-state index contributed by atoms with van der Waals surface area (Å²) in [6, 6.07) is 7.18. The Kier molecular flexibility index (Phi) is 3.31. The summed E-state index contributed by atoms with van der Waals surface area (Å²) in [5, 5.41) is 16.6. The van der Waals surface area contributed by atoms with Gasteiger partial charge >= 0.3 is 0 Å². The van der Waals surface area contributed by atoms with Crippen molar-refractivity contribution in [2.45, 2.75) is 13.5 Å². The lowest BCUT2D eigenvalue weighted by atomic mass is 10.2. The van der Waals surface area contributed by atoms with Gasteiger partial charge in [0.25, 0.3) is 0 Å². The quantitative estimate of drug-likeness (QED) is 0.905. The third-order valence-corrected chi connectivity index (χ3v) is 2.65. The predicted octanol–water partition coefficient (Wildman–Crippen LogP) is 3.17. The van der Waals surface area contributed by atoms with Crippen molar-refractivity contribution in [2.75, 3.05) is 5.32 Å². The highest BCUT2D eigenvalue weighted by Gasteiger charge is 2.03. The Balaban J connectivity index is 2.21. The molecular weight excluding hydrogens is 236 g/mol. The molecule has 0 radical (unpaired) electrons. The molecule has 1 aromatic carbocycles. The second-order valence-corrected chi connectivity index (χ2v) is 3.92. The Hall–Kier alpha value is -1.99. The Bertz CT molecular complexity index is 568. The number of hydrogen-bond acceptors (Lipinski definition) is 3. The highest BCUT2D eigenvalue weighted by atomic mass is 35.5. The van der Waals surface area contributed by atoms with E-state index in [1.54, 1.807) is 24.4 Å². The molecule has 4 nitrogen and oxygen atoms in total. The third-order valence-electron chi connectivity index (χ3n) is 2.33. The van der Waals surface area contributed by atoms with Crippen LogP contribution in [-0.2, 0) is 6.54 Å². The number of rotatable bonds is 3. The molecule has 0 bridgehead atoms. The Morgan fingerprint density at radius 2 is 2.35 bits per heavy atom. The first-order valence-corrected chi connectivity index (χ1v) is 5.60. The Labute approximate surface area is 104 Å².